The second-order valence-electron chi connectivity index (χ2n) is 11.6. The molecule has 0 bridgehead atoms. The zero-order chi connectivity index (χ0) is 36.5. The number of aromatic hydroxyl groups is 1. The van der Waals surface area contributed by atoms with Crippen molar-refractivity contribution in [2.24, 2.45) is 13.0 Å². The van der Waals surface area contributed by atoms with Crippen LogP contribution in [0.25, 0.3) is 11.0 Å². The summed E-state index contributed by atoms with van der Waals surface area (Å²) in [4.78, 5) is 31.8. The van der Waals surface area contributed by atoms with Gasteiger partial charge in [0.05, 0.1) is 55.9 Å². The number of amides is 2. The summed E-state index contributed by atoms with van der Waals surface area (Å²) in [7, 11) is 1.61. The van der Waals surface area contributed by atoms with Gasteiger partial charge in [-0.2, -0.15) is 26.3 Å². The third-order valence-electron chi connectivity index (χ3n) is 8.28. The predicted molar refractivity (Wildman–Crippen MR) is 174 cm³/mol. The highest BCUT2D eigenvalue weighted by Crippen LogP contribution is 2.39. The van der Waals surface area contributed by atoms with Crippen LogP contribution in [0.3, 0.4) is 0 Å². The molecule has 268 valence electrons. The number of imidazole rings is 1. The van der Waals surface area contributed by atoms with Gasteiger partial charge in [-0.1, -0.05) is 29.3 Å². The van der Waals surface area contributed by atoms with Gasteiger partial charge in [0.25, 0.3) is 11.8 Å². The van der Waals surface area contributed by atoms with E-state index in [9.17, 15) is 45.4 Å². The third-order valence-corrected chi connectivity index (χ3v) is 9.03. The normalized spacial score (nSPS) is 14.2. The molecule has 9 nitrogen and oxygen atoms in total. The quantitative estimate of drug-likeness (QED) is 0.130. The number of rotatable bonds is 9. The summed E-state index contributed by atoms with van der Waals surface area (Å²) in [6.45, 7) is -0.943. The Hall–Kier alpha value is -4.44. The molecule has 18 heteroatoms. The van der Waals surface area contributed by atoms with Crippen LogP contribution in [-0.2, 0) is 13.6 Å². The molecule has 2 amide bonds. The second kappa shape index (κ2) is 14.4. The van der Waals surface area contributed by atoms with Crippen LogP contribution in [-0.4, -0.2) is 58.5 Å². The molecule has 1 aliphatic heterocycles. The number of aromatic nitrogens is 2. The fourth-order valence-corrected chi connectivity index (χ4v) is 6.09. The summed E-state index contributed by atoms with van der Waals surface area (Å²) in [5.74, 6) is -4.25. The average Bonchev–Trinajstić information content (AvgIpc) is 3.34. The fraction of sp³-hybridized carbons (Fsp3) is 0.344. The Balaban J connectivity index is 1.43. The molecule has 0 spiro atoms. The summed E-state index contributed by atoms with van der Waals surface area (Å²) in [5.41, 5.74) is 1.09. The number of anilines is 3. The summed E-state index contributed by atoms with van der Waals surface area (Å²) >= 11 is 13.1. The Morgan fingerprint density at radius 3 is 2.28 bits per heavy atom. The average molecular weight is 750 g/mol. The SMILES string of the molecule is Cn1c(Nc2c(Cl)ccc(CNC(=O)c3ccc(O)cc3F)c2Cl)nc2cc(C(=O)NCCC(F)(F)F)c(N3CCC(C(F)(F)F)CC3)cc21. The van der Waals surface area contributed by atoms with E-state index in [1.165, 1.54) is 24.3 Å². The van der Waals surface area contributed by atoms with Crippen LogP contribution in [0.2, 0.25) is 10.0 Å². The molecule has 2 heterocycles. The molecular formula is C32H29Cl2F7N6O3. The van der Waals surface area contributed by atoms with Crippen LogP contribution >= 0.6 is 23.2 Å². The molecule has 50 heavy (non-hydrogen) atoms. The molecule has 1 saturated heterocycles. The van der Waals surface area contributed by atoms with E-state index in [4.69, 9.17) is 23.2 Å². The molecule has 0 atom stereocenters. The van der Waals surface area contributed by atoms with Gasteiger partial charge >= 0.3 is 12.4 Å². The topological polar surface area (TPSA) is 112 Å². The van der Waals surface area contributed by atoms with Gasteiger partial charge in [-0.25, -0.2) is 9.37 Å². The number of piperidine rings is 1. The van der Waals surface area contributed by atoms with Crippen molar-refractivity contribution in [3.63, 3.8) is 0 Å². The maximum absolute atomic E-state index is 14.2. The number of alkyl halides is 6. The smallest absolute Gasteiger partial charge is 0.391 e. The molecule has 0 radical (unpaired) electrons. The first kappa shape index (κ1) is 36.8. The maximum Gasteiger partial charge on any atom is 0.391 e. The van der Waals surface area contributed by atoms with Gasteiger partial charge < -0.3 is 30.5 Å². The number of carbonyl (C=O) groups is 2. The zero-order valence-electron chi connectivity index (χ0n) is 26.1. The van der Waals surface area contributed by atoms with E-state index in [1.54, 1.807) is 16.5 Å². The Labute approximate surface area is 290 Å². The van der Waals surface area contributed by atoms with Crippen molar-refractivity contribution in [2.45, 2.75) is 38.2 Å². The van der Waals surface area contributed by atoms with E-state index in [2.05, 4.69) is 20.9 Å². The van der Waals surface area contributed by atoms with Gasteiger partial charge in [0.1, 0.15) is 11.6 Å². The van der Waals surface area contributed by atoms with Gasteiger partial charge in [0.2, 0.25) is 5.95 Å². The van der Waals surface area contributed by atoms with Crippen molar-refractivity contribution >= 4 is 63.4 Å². The van der Waals surface area contributed by atoms with Crippen molar-refractivity contribution in [1.82, 2.24) is 20.2 Å². The molecule has 1 fully saturated rings. The van der Waals surface area contributed by atoms with E-state index in [-0.39, 0.29) is 82.2 Å². The maximum atomic E-state index is 14.2. The fourth-order valence-electron chi connectivity index (χ4n) is 5.56. The number of carbonyl (C=O) groups excluding carboxylic acids is 2. The first-order valence-electron chi connectivity index (χ1n) is 15.1. The van der Waals surface area contributed by atoms with E-state index in [1.807, 2.05) is 0 Å². The number of hydrogen-bond donors (Lipinski definition) is 4. The lowest BCUT2D eigenvalue weighted by Gasteiger charge is -2.35. The second-order valence-corrected chi connectivity index (χ2v) is 12.4. The monoisotopic (exact) mass is 748 g/mol. The van der Waals surface area contributed by atoms with E-state index < -0.39 is 48.9 Å². The predicted octanol–water partition coefficient (Wildman–Crippen LogP) is 7.86. The molecule has 4 aromatic rings. The Kier molecular flexibility index (Phi) is 10.6. The van der Waals surface area contributed by atoms with Crippen molar-refractivity contribution in [1.29, 1.82) is 0 Å². The molecule has 0 unspecified atom stereocenters. The first-order chi connectivity index (χ1) is 23.4. The first-order valence-corrected chi connectivity index (χ1v) is 15.9. The van der Waals surface area contributed by atoms with Gasteiger partial charge in [0, 0.05) is 39.3 Å². The summed E-state index contributed by atoms with van der Waals surface area (Å²) < 4.78 is 94.1. The minimum atomic E-state index is -4.52. The van der Waals surface area contributed by atoms with Crippen LogP contribution in [0, 0.1) is 11.7 Å². The number of fused-ring (bicyclic) bond motifs is 1. The van der Waals surface area contributed by atoms with Crippen LogP contribution in [0.15, 0.2) is 42.5 Å². The number of halogens is 9. The lowest BCUT2D eigenvalue weighted by Crippen LogP contribution is -2.40. The molecule has 4 N–H and O–H groups in total. The minimum Gasteiger partial charge on any atom is -0.508 e. The Morgan fingerprint density at radius 2 is 1.64 bits per heavy atom. The zero-order valence-corrected chi connectivity index (χ0v) is 27.6. The molecule has 5 rings (SSSR count). The Bertz CT molecular complexity index is 1930. The highest BCUT2D eigenvalue weighted by Gasteiger charge is 2.41. The van der Waals surface area contributed by atoms with Gasteiger partial charge in [0.15, 0.2) is 0 Å². The largest absolute Gasteiger partial charge is 0.508 e. The number of phenols is 1. The molecule has 0 saturated carbocycles. The number of aryl methyl sites for hydroxylation is 1. The third kappa shape index (κ3) is 8.29. The van der Waals surface area contributed by atoms with Crippen LogP contribution in [0.5, 0.6) is 5.75 Å². The van der Waals surface area contributed by atoms with Gasteiger partial charge in [-0.05, 0) is 48.7 Å². The number of nitrogens with one attached hydrogen (secondary N) is 3. The molecule has 1 aromatic heterocycles. The van der Waals surface area contributed by atoms with Crippen LogP contribution in [0.4, 0.5) is 48.1 Å². The minimum absolute atomic E-state index is 0.0462. The van der Waals surface area contributed by atoms with Crippen LogP contribution in [0.1, 0.15) is 45.5 Å². The highest BCUT2D eigenvalue weighted by molar-refractivity contribution is 6.39. The molecule has 1 aliphatic rings. The van der Waals surface area contributed by atoms with Gasteiger partial charge in [-0.3, -0.25) is 9.59 Å². The van der Waals surface area contributed by atoms with Crippen molar-refractivity contribution in [3.05, 3.63) is 75.0 Å². The summed E-state index contributed by atoms with van der Waals surface area (Å²) in [6, 6.07) is 9.00. The van der Waals surface area contributed by atoms with Gasteiger partial charge in [-0.15, -0.1) is 0 Å². The standard InChI is InChI=1S/C32H29Cl2F7N6O3/c1-46-25-14-24(47-10-6-17(7-11-47)32(39,40)41)20(29(50)42-9-8-31(36,37)38)13-23(25)44-30(46)45-27-21(33)5-2-16(26(27)34)15-43-28(49)19-4-3-18(48)12-22(19)35/h2-5,12-14,17,48H,6-11,15H2,1H3,(H,42,50)(H,43,49)(H,44,45). The van der Waals surface area contributed by atoms with Crippen LogP contribution < -0.4 is 20.9 Å². The number of nitrogens with zero attached hydrogens (tertiary/aromatic N) is 3. The number of hydrogen-bond acceptors (Lipinski definition) is 6. The van der Waals surface area contributed by atoms with Crippen molar-refractivity contribution < 1.29 is 45.4 Å². The van der Waals surface area contributed by atoms with Crippen molar-refractivity contribution in [2.75, 3.05) is 29.9 Å². The molecule has 0 aliphatic carbocycles. The molecular weight excluding hydrogens is 720 g/mol. The lowest BCUT2D eigenvalue weighted by molar-refractivity contribution is -0.179. The molecule has 3 aromatic carbocycles. The number of benzene rings is 3. The van der Waals surface area contributed by atoms with Crippen molar-refractivity contribution in [3.8, 4) is 5.75 Å². The summed E-state index contributed by atoms with van der Waals surface area (Å²) in [6.07, 6.45) is -10.6. The van der Waals surface area contributed by atoms with E-state index in [0.29, 0.717) is 11.1 Å². The Morgan fingerprint density at radius 1 is 0.960 bits per heavy atom. The lowest BCUT2D eigenvalue weighted by atomic mass is 9.95. The van der Waals surface area contributed by atoms with E-state index in [0.717, 1.165) is 18.2 Å². The highest BCUT2D eigenvalue weighted by atomic mass is 35.5. The number of phenolic OH excluding ortho intramolecular Hbond substituents is 1. The summed E-state index contributed by atoms with van der Waals surface area (Å²) in [5, 5.41) is 17.4. The van der Waals surface area contributed by atoms with E-state index >= 15 is 0 Å².